The molecule has 8 heteroatoms. The van der Waals surface area contributed by atoms with Gasteiger partial charge < -0.3 is 15.4 Å². The highest BCUT2D eigenvalue weighted by Crippen LogP contribution is 2.37. The number of nitrogens with two attached hydrogens (primary N) is 1. The number of hydrogen-bond donors (Lipinski definition) is 2. The lowest BCUT2D eigenvalue weighted by Crippen LogP contribution is -2.08. The fraction of sp³-hybridized carbons (Fsp3) is 0.154. The van der Waals surface area contributed by atoms with Crippen LogP contribution in [0.1, 0.15) is 48.4 Å². The lowest BCUT2D eigenvalue weighted by Gasteiger charge is -2.15. The Balaban J connectivity index is 1.99. The molecule has 1 atom stereocenters. The zero-order valence-electron chi connectivity index (χ0n) is 18.9. The normalized spacial score (nSPS) is 12.9. The lowest BCUT2D eigenvalue weighted by molar-refractivity contribution is -0.111. The monoisotopic (exact) mass is 474 g/mol. The second-order valence-corrected chi connectivity index (χ2v) is 8.49. The summed E-state index contributed by atoms with van der Waals surface area (Å²) in [5.74, 6) is -1.20. The van der Waals surface area contributed by atoms with Gasteiger partial charge in [-0.15, -0.1) is 0 Å². The summed E-state index contributed by atoms with van der Waals surface area (Å²) >= 11 is 6.50. The molecule has 0 spiro atoms. The summed E-state index contributed by atoms with van der Waals surface area (Å²) in [6.45, 7) is 5.18. The van der Waals surface area contributed by atoms with E-state index in [1.165, 1.54) is 19.1 Å². The number of carboxylic acid groups (broad SMARTS) is 1. The molecule has 3 N–H and O–H groups in total. The van der Waals surface area contributed by atoms with Crippen LogP contribution in [0.2, 0.25) is 5.02 Å². The van der Waals surface area contributed by atoms with Gasteiger partial charge in [0.1, 0.15) is 0 Å². The Morgan fingerprint density at radius 1 is 1.06 bits per heavy atom. The quantitative estimate of drug-likeness (QED) is 0.365. The van der Waals surface area contributed by atoms with Crippen LogP contribution in [0.15, 0.2) is 66.8 Å². The molecule has 4 aromatic rings. The van der Waals surface area contributed by atoms with Gasteiger partial charge in [-0.3, -0.25) is 14.8 Å². The number of pyridine rings is 2. The van der Waals surface area contributed by atoms with E-state index in [0.717, 1.165) is 16.8 Å². The summed E-state index contributed by atoms with van der Waals surface area (Å²) in [5.41, 5.74) is 11.2. The standard InChI is InChI=1S/C26H23ClN4O3/c1-14(28)24(16(3)32)18-11-23-25(30-12-18)20(19-8-7-17(26(33)34)10-21(19)27)13-31(23)15(2)22-6-4-5-9-29-22/h4-13,15H,28H2,1-3H3,(H,33,34)/t15-/m0/s1. The number of carboxylic acids is 1. The number of aromatic carboxylic acids is 1. The van der Waals surface area contributed by atoms with Gasteiger partial charge in [0.15, 0.2) is 5.78 Å². The summed E-state index contributed by atoms with van der Waals surface area (Å²) in [6.07, 6.45) is 5.28. The van der Waals surface area contributed by atoms with Crippen molar-refractivity contribution in [1.82, 2.24) is 14.5 Å². The van der Waals surface area contributed by atoms with Crippen LogP contribution in [0.5, 0.6) is 0 Å². The predicted molar refractivity (Wildman–Crippen MR) is 133 cm³/mol. The zero-order valence-corrected chi connectivity index (χ0v) is 19.7. The lowest BCUT2D eigenvalue weighted by atomic mass is 10.0. The van der Waals surface area contributed by atoms with Gasteiger partial charge in [0, 0.05) is 51.6 Å². The number of aromatic nitrogens is 3. The van der Waals surface area contributed by atoms with Crippen LogP contribution in [-0.2, 0) is 4.79 Å². The maximum absolute atomic E-state index is 12.3. The highest BCUT2D eigenvalue weighted by atomic mass is 35.5. The molecular formula is C26H23ClN4O3. The molecule has 0 amide bonds. The van der Waals surface area contributed by atoms with E-state index < -0.39 is 5.97 Å². The van der Waals surface area contributed by atoms with Crippen molar-refractivity contribution in [2.75, 3.05) is 0 Å². The van der Waals surface area contributed by atoms with Crippen molar-refractivity contribution in [3.8, 4) is 11.1 Å². The number of allylic oxidation sites excluding steroid dienone is 2. The van der Waals surface area contributed by atoms with E-state index >= 15 is 0 Å². The minimum atomic E-state index is -1.05. The summed E-state index contributed by atoms with van der Waals surface area (Å²) < 4.78 is 2.02. The number of nitrogens with zero attached hydrogens (tertiary/aromatic N) is 3. The molecule has 0 aliphatic rings. The number of Topliss-reactive ketones (excluding diaryl/α,β-unsaturated/α-hetero) is 1. The summed E-state index contributed by atoms with van der Waals surface area (Å²) in [4.78, 5) is 32.8. The molecule has 0 aliphatic heterocycles. The number of rotatable bonds is 6. The number of halogens is 1. The summed E-state index contributed by atoms with van der Waals surface area (Å²) in [6, 6.07) is 12.1. The Hall–Kier alpha value is -3.97. The Morgan fingerprint density at radius 2 is 1.82 bits per heavy atom. The molecule has 7 nitrogen and oxygen atoms in total. The van der Waals surface area contributed by atoms with E-state index in [0.29, 0.717) is 32.9 Å². The Labute approximate surface area is 201 Å². The highest BCUT2D eigenvalue weighted by molar-refractivity contribution is 6.34. The average Bonchev–Trinajstić information content (AvgIpc) is 3.17. The number of ketones is 1. The van der Waals surface area contributed by atoms with Gasteiger partial charge in [-0.2, -0.15) is 0 Å². The molecular weight excluding hydrogens is 452 g/mol. The third kappa shape index (κ3) is 4.18. The average molecular weight is 475 g/mol. The maximum atomic E-state index is 12.3. The molecule has 1 aromatic carbocycles. The molecule has 0 unspecified atom stereocenters. The molecule has 0 fully saturated rings. The Bertz CT molecular complexity index is 1450. The summed E-state index contributed by atoms with van der Waals surface area (Å²) in [7, 11) is 0. The van der Waals surface area contributed by atoms with Crippen LogP contribution >= 0.6 is 11.6 Å². The molecule has 0 bridgehead atoms. The van der Waals surface area contributed by atoms with Gasteiger partial charge in [-0.05, 0) is 51.1 Å². The topological polar surface area (TPSA) is 111 Å². The van der Waals surface area contributed by atoms with Gasteiger partial charge in [-0.25, -0.2) is 4.79 Å². The highest BCUT2D eigenvalue weighted by Gasteiger charge is 2.21. The van der Waals surface area contributed by atoms with Gasteiger partial charge in [-0.1, -0.05) is 23.7 Å². The maximum Gasteiger partial charge on any atom is 0.335 e. The minimum Gasteiger partial charge on any atom is -0.478 e. The zero-order chi connectivity index (χ0) is 24.6. The Kier molecular flexibility index (Phi) is 6.22. The molecule has 0 aliphatic carbocycles. The van der Waals surface area contributed by atoms with Crippen LogP contribution in [0.4, 0.5) is 0 Å². The minimum absolute atomic E-state index is 0.101. The van der Waals surface area contributed by atoms with E-state index in [4.69, 9.17) is 17.3 Å². The van der Waals surface area contributed by atoms with Crippen molar-refractivity contribution in [2.24, 2.45) is 5.73 Å². The number of benzene rings is 1. The SMILES string of the molecule is CC(=O)C(=C(C)N)c1cnc2c(-c3ccc(C(=O)O)cc3Cl)cn([C@@H](C)c3ccccn3)c2c1. The third-order valence-corrected chi connectivity index (χ3v) is 6.06. The van der Waals surface area contributed by atoms with Crippen LogP contribution in [0, 0.1) is 0 Å². The van der Waals surface area contributed by atoms with E-state index in [-0.39, 0.29) is 17.4 Å². The first-order valence-electron chi connectivity index (χ1n) is 10.6. The first-order chi connectivity index (χ1) is 16.2. The second kappa shape index (κ2) is 9.11. The molecule has 0 saturated carbocycles. The van der Waals surface area contributed by atoms with Crippen molar-refractivity contribution in [2.45, 2.75) is 26.8 Å². The third-order valence-electron chi connectivity index (χ3n) is 5.74. The van der Waals surface area contributed by atoms with Crippen molar-refractivity contribution in [3.63, 3.8) is 0 Å². The smallest absolute Gasteiger partial charge is 0.335 e. The van der Waals surface area contributed by atoms with Crippen LogP contribution in [0.25, 0.3) is 27.7 Å². The van der Waals surface area contributed by atoms with E-state index in [9.17, 15) is 14.7 Å². The molecule has 3 aromatic heterocycles. The van der Waals surface area contributed by atoms with Gasteiger partial charge >= 0.3 is 5.97 Å². The van der Waals surface area contributed by atoms with Crippen LogP contribution in [0.3, 0.4) is 0 Å². The van der Waals surface area contributed by atoms with Crippen molar-refractivity contribution < 1.29 is 14.7 Å². The Morgan fingerprint density at radius 3 is 2.41 bits per heavy atom. The molecule has 3 heterocycles. The fourth-order valence-corrected chi connectivity index (χ4v) is 4.40. The molecule has 34 heavy (non-hydrogen) atoms. The van der Waals surface area contributed by atoms with E-state index in [2.05, 4.69) is 9.97 Å². The van der Waals surface area contributed by atoms with Gasteiger partial charge in [0.25, 0.3) is 0 Å². The van der Waals surface area contributed by atoms with Crippen LogP contribution < -0.4 is 5.73 Å². The van der Waals surface area contributed by atoms with Crippen molar-refractivity contribution in [3.05, 3.63) is 88.6 Å². The molecule has 0 radical (unpaired) electrons. The second-order valence-electron chi connectivity index (χ2n) is 8.09. The fourth-order valence-electron chi connectivity index (χ4n) is 4.12. The predicted octanol–water partition coefficient (Wildman–Crippen LogP) is 5.34. The van der Waals surface area contributed by atoms with Crippen LogP contribution in [-0.4, -0.2) is 31.4 Å². The first-order valence-corrected chi connectivity index (χ1v) is 11.0. The largest absolute Gasteiger partial charge is 0.478 e. The van der Waals surface area contributed by atoms with Crippen molar-refractivity contribution in [1.29, 1.82) is 0 Å². The van der Waals surface area contributed by atoms with E-state index in [1.54, 1.807) is 25.4 Å². The van der Waals surface area contributed by atoms with Crippen molar-refractivity contribution >= 4 is 40.0 Å². The number of carbonyl (C=O) groups is 2. The number of carbonyl (C=O) groups excluding carboxylic acids is 1. The molecule has 0 saturated heterocycles. The molecule has 4 rings (SSSR count). The van der Waals surface area contributed by atoms with Gasteiger partial charge in [0.05, 0.1) is 28.3 Å². The van der Waals surface area contributed by atoms with E-state index in [1.807, 2.05) is 42.0 Å². The van der Waals surface area contributed by atoms with Gasteiger partial charge in [0.2, 0.25) is 0 Å². The summed E-state index contributed by atoms with van der Waals surface area (Å²) in [5, 5.41) is 9.60. The first kappa shape index (κ1) is 23.2. The number of hydrogen-bond acceptors (Lipinski definition) is 5. The molecule has 172 valence electrons. The number of fused-ring (bicyclic) bond motifs is 1.